The van der Waals surface area contributed by atoms with Gasteiger partial charge in [-0.1, -0.05) is 54.1 Å². The van der Waals surface area contributed by atoms with E-state index in [0.29, 0.717) is 11.6 Å². The number of ether oxygens (including phenoxy) is 1. The average molecular weight is 354 g/mol. The number of methoxy groups -OCH3 is 1. The van der Waals surface area contributed by atoms with Crippen molar-refractivity contribution in [2.75, 3.05) is 7.11 Å². The van der Waals surface area contributed by atoms with Crippen LogP contribution in [0.2, 0.25) is 5.02 Å². The van der Waals surface area contributed by atoms with Gasteiger partial charge in [-0.05, 0) is 47.0 Å². The first-order valence-electron chi connectivity index (χ1n) is 8.17. The highest BCUT2D eigenvalue weighted by molar-refractivity contribution is 6.31. The SMILES string of the molecule is COc1ccc2cc([C@@H](C)C(=O)NCc3ccccc3Cl)ccc2c1. The van der Waals surface area contributed by atoms with E-state index in [4.69, 9.17) is 16.3 Å². The van der Waals surface area contributed by atoms with E-state index in [2.05, 4.69) is 11.4 Å². The van der Waals surface area contributed by atoms with E-state index in [1.165, 1.54) is 0 Å². The summed E-state index contributed by atoms with van der Waals surface area (Å²) in [6.07, 6.45) is 0. The van der Waals surface area contributed by atoms with Crippen LogP contribution in [0.5, 0.6) is 5.75 Å². The average Bonchev–Trinajstić information content (AvgIpc) is 2.65. The number of hydrogen-bond donors (Lipinski definition) is 1. The molecule has 0 aromatic heterocycles. The van der Waals surface area contributed by atoms with Gasteiger partial charge in [0, 0.05) is 11.6 Å². The molecular formula is C21H20ClNO2. The summed E-state index contributed by atoms with van der Waals surface area (Å²) in [5, 5.41) is 5.80. The number of halogens is 1. The van der Waals surface area contributed by atoms with Crippen LogP contribution in [0.4, 0.5) is 0 Å². The molecule has 0 unspecified atom stereocenters. The molecule has 0 spiro atoms. The van der Waals surface area contributed by atoms with E-state index in [-0.39, 0.29) is 11.8 Å². The summed E-state index contributed by atoms with van der Waals surface area (Å²) < 4.78 is 5.25. The molecule has 0 bridgehead atoms. The second-order valence-corrected chi connectivity index (χ2v) is 6.41. The van der Waals surface area contributed by atoms with Crippen molar-refractivity contribution in [1.82, 2.24) is 5.32 Å². The van der Waals surface area contributed by atoms with Crippen molar-refractivity contribution in [3.05, 3.63) is 76.8 Å². The second-order valence-electron chi connectivity index (χ2n) is 6.00. The minimum Gasteiger partial charge on any atom is -0.497 e. The lowest BCUT2D eigenvalue weighted by Gasteiger charge is -2.14. The van der Waals surface area contributed by atoms with Gasteiger partial charge in [0.25, 0.3) is 0 Å². The third-order valence-electron chi connectivity index (χ3n) is 4.38. The van der Waals surface area contributed by atoms with Crippen LogP contribution in [-0.2, 0) is 11.3 Å². The highest BCUT2D eigenvalue weighted by Gasteiger charge is 2.15. The Morgan fingerprint density at radius 1 is 1.08 bits per heavy atom. The highest BCUT2D eigenvalue weighted by atomic mass is 35.5. The maximum atomic E-state index is 12.5. The van der Waals surface area contributed by atoms with Crippen LogP contribution in [0.25, 0.3) is 10.8 Å². The van der Waals surface area contributed by atoms with E-state index >= 15 is 0 Å². The fraction of sp³-hybridized carbons (Fsp3) is 0.190. The third-order valence-corrected chi connectivity index (χ3v) is 4.74. The van der Waals surface area contributed by atoms with Gasteiger partial charge < -0.3 is 10.1 Å². The fourth-order valence-corrected chi connectivity index (χ4v) is 2.97. The van der Waals surface area contributed by atoms with Crippen molar-refractivity contribution in [1.29, 1.82) is 0 Å². The quantitative estimate of drug-likeness (QED) is 0.706. The zero-order valence-electron chi connectivity index (χ0n) is 14.3. The minimum absolute atomic E-state index is 0.0206. The molecule has 0 heterocycles. The number of fused-ring (bicyclic) bond motifs is 1. The largest absolute Gasteiger partial charge is 0.497 e. The normalized spacial score (nSPS) is 12.0. The van der Waals surface area contributed by atoms with Crippen LogP contribution in [0.1, 0.15) is 24.0 Å². The van der Waals surface area contributed by atoms with Crippen LogP contribution in [0.15, 0.2) is 60.7 Å². The fourth-order valence-electron chi connectivity index (χ4n) is 2.77. The van der Waals surface area contributed by atoms with Gasteiger partial charge in [0.05, 0.1) is 13.0 Å². The molecule has 0 aliphatic heterocycles. The Bertz CT molecular complexity index is 907. The van der Waals surface area contributed by atoms with Gasteiger partial charge >= 0.3 is 0 Å². The van der Waals surface area contributed by atoms with Crippen molar-refractivity contribution >= 4 is 28.3 Å². The molecule has 128 valence electrons. The van der Waals surface area contributed by atoms with Gasteiger partial charge in [0.15, 0.2) is 0 Å². The highest BCUT2D eigenvalue weighted by Crippen LogP contribution is 2.25. The standard InChI is InChI=1S/C21H20ClNO2/c1-14(21(24)23-13-18-5-3-4-6-20(18)22)15-7-8-17-12-19(25-2)10-9-16(17)11-15/h3-12,14H,13H2,1-2H3,(H,23,24)/t14-/m1/s1. The molecule has 3 nitrogen and oxygen atoms in total. The van der Waals surface area contributed by atoms with Gasteiger partial charge in [0.2, 0.25) is 5.91 Å². The van der Waals surface area contributed by atoms with Crippen LogP contribution in [0, 0.1) is 0 Å². The van der Waals surface area contributed by atoms with Gasteiger partial charge in [-0.2, -0.15) is 0 Å². The molecule has 3 rings (SSSR count). The molecule has 3 aromatic rings. The monoisotopic (exact) mass is 353 g/mol. The lowest BCUT2D eigenvalue weighted by atomic mass is 9.97. The van der Waals surface area contributed by atoms with Crippen molar-refractivity contribution in [3.8, 4) is 5.75 Å². The molecule has 0 aliphatic carbocycles. The van der Waals surface area contributed by atoms with Crippen molar-refractivity contribution in [2.24, 2.45) is 0 Å². The van der Waals surface area contributed by atoms with Crippen LogP contribution in [0.3, 0.4) is 0 Å². The first-order valence-corrected chi connectivity index (χ1v) is 8.55. The summed E-state index contributed by atoms with van der Waals surface area (Å²) in [7, 11) is 1.65. The molecule has 25 heavy (non-hydrogen) atoms. The van der Waals surface area contributed by atoms with Gasteiger partial charge in [-0.3, -0.25) is 4.79 Å². The molecule has 1 amide bonds. The molecular weight excluding hydrogens is 334 g/mol. The van der Waals surface area contributed by atoms with Crippen LogP contribution >= 0.6 is 11.6 Å². The molecule has 4 heteroatoms. The molecule has 1 atom stereocenters. The molecule has 0 aliphatic rings. The summed E-state index contributed by atoms with van der Waals surface area (Å²) in [4.78, 5) is 12.5. The molecule has 3 aromatic carbocycles. The van der Waals surface area contributed by atoms with Crippen LogP contribution in [-0.4, -0.2) is 13.0 Å². The summed E-state index contributed by atoms with van der Waals surface area (Å²) in [5.41, 5.74) is 1.89. The number of amides is 1. The summed E-state index contributed by atoms with van der Waals surface area (Å²) in [6.45, 7) is 2.33. The number of carbonyl (C=O) groups excluding carboxylic acids is 1. The number of carbonyl (C=O) groups is 1. The first-order chi connectivity index (χ1) is 12.1. The lowest BCUT2D eigenvalue weighted by molar-refractivity contribution is -0.122. The minimum atomic E-state index is -0.242. The predicted molar refractivity (Wildman–Crippen MR) is 102 cm³/mol. The second kappa shape index (κ2) is 7.58. The molecule has 1 N–H and O–H groups in total. The first kappa shape index (κ1) is 17.3. The van der Waals surface area contributed by atoms with E-state index in [1.54, 1.807) is 7.11 Å². The molecule has 0 saturated carbocycles. The van der Waals surface area contributed by atoms with E-state index < -0.39 is 0 Å². The van der Waals surface area contributed by atoms with Crippen molar-refractivity contribution in [2.45, 2.75) is 19.4 Å². The van der Waals surface area contributed by atoms with E-state index in [0.717, 1.165) is 27.6 Å². The summed E-state index contributed by atoms with van der Waals surface area (Å²) in [6, 6.07) is 19.5. The molecule has 0 saturated heterocycles. The smallest absolute Gasteiger partial charge is 0.227 e. The van der Waals surface area contributed by atoms with E-state index in [1.807, 2.05) is 61.5 Å². The van der Waals surface area contributed by atoms with Crippen molar-refractivity contribution in [3.63, 3.8) is 0 Å². The Morgan fingerprint density at radius 2 is 1.80 bits per heavy atom. The number of rotatable bonds is 5. The summed E-state index contributed by atoms with van der Waals surface area (Å²) in [5.74, 6) is 0.563. The summed E-state index contributed by atoms with van der Waals surface area (Å²) >= 11 is 6.13. The number of hydrogen-bond acceptors (Lipinski definition) is 2. The number of benzene rings is 3. The zero-order chi connectivity index (χ0) is 17.8. The molecule has 0 radical (unpaired) electrons. The van der Waals surface area contributed by atoms with Gasteiger partial charge in [-0.15, -0.1) is 0 Å². The lowest BCUT2D eigenvalue weighted by Crippen LogP contribution is -2.27. The Morgan fingerprint density at radius 3 is 2.56 bits per heavy atom. The Hall–Kier alpha value is -2.52. The topological polar surface area (TPSA) is 38.3 Å². The Labute approximate surface area is 152 Å². The zero-order valence-corrected chi connectivity index (χ0v) is 15.0. The van der Waals surface area contributed by atoms with E-state index in [9.17, 15) is 4.79 Å². The van der Waals surface area contributed by atoms with Gasteiger partial charge in [0.1, 0.15) is 5.75 Å². The maximum Gasteiger partial charge on any atom is 0.227 e. The third kappa shape index (κ3) is 3.94. The van der Waals surface area contributed by atoms with Crippen LogP contribution < -0.4 is 10.1 Å². The maximum absolute atomic E-state index is 12.5. The van der Waals surface area contributed by atoms with Crippen molar-refractivity contribution < 1.29 is 9.53 Å². The molecule has 0 fully saturated rings. The van der Waals surface area contributed by atoms with Gasteiger partial charge in [-0.25, -0.2) is 0 Å². The Balaban J connectivity index is 1.73. The predicted octanol–water partition coefficient (Wildman–Crippen LogP) is 4.92. The Kier molecular flexibility index (Phi) is 5.25. The number of nitrogens with one attached hydrogen (secondary N) is 1.